The molecule has 0 radical (unpaired) electrons. The number of nitrogens with zero attached hydrogens (tertiary/aromatic N) is 1. The number of hydrogen-bond acceptors (Lipinski definition) is 16. The van der Waals surface area contributed by atoms with E-state index in [-0.39, 0.29) is 89.3 Å². The van der Waals surface area contributed by atoms with Gasteiger partial charge in [0.1, 0.15) is 6.04 Å². The zero-order valence-electron chi connectivity index (χ0n) is 46.6. The lowest BCUT2D eigenvalue weighted by Crippen LogP contribution is -2.53. The number of nitrogens with two attached hydrogens (primary N) is 3. The van der Waals surface area contributed by atoms with Crippen LogP contribution in [0.5, 0.6) is 0 Å². The number of ether oxygens (including phenoxy) is 1. The third-order valence-corrected chi connectivity index (χ3v) is 16.0. The lowest BCUT2D eigenvalue weighted by atomic mass is 9.90. The maximum Gasteiger partial charge on any atom is 0.304 e. The van der Waals surface area contributed by atoms with Gasteiger partial charge in [-0.2, -0.15) is 23.5 Å². The minimum absolute atomic E-state index is 0.0558. The van der Waals surface area contributed by atoms with Gasteiger partial charge in [-0.05, 0) is 64.0 Å². The van der Waals surface area contributed by atoms with Gasteiger partial charge in [0.15, 0.2) is 29.1 Å². The van der Waals surface area contributed by atoms with Gasteiger partial charge < -0.3 is 53.6 Å². The van der Waals surface area contributed by atoms with Gasteiger partial charge >= 0.3 is 5.97 Å². The van der Waals surface area contributed by atoms with Crippen molar-refractivity contribution in [2.24, 2.45) is 39.9 Å². The van der Waals surface area contributed by atoms with Crippen molar-refractivity contribution in [1.82, 2.24) is 26.6 Å². The molecule has 12 N–H and O–H groups in total. The molecule has 1 heterocycles. The van der Waals surface area contributed by atoms with Crippen molar-refractivity contribution >= 4 is 99.9 Å². The van der Waals surface area contributed by atoms with Crippen molar-refractivity contribution < 1.29 is 57.8 Å². The minimum Gasteiger partial charge on any atom is -0.481 e. The number of carboxylic acids is 1. The highest BCUT2D eigenvalue weighted by molar-refractivity contribution is 8.01. The number of carboxylic acid groups (broad SMARTS) is 1. The first-order chi connectivity index (χ1) is 36.7. The number of nitrogens with one attached hydrogen (secondary N) is 5. The van der Waals surface area contributed by atoms with Gasteiger partial charge in [-0.3, -0.25) is 52.9 Å². The summed E-state index contributed by atoms with van der Waals surface area (Å²) in [7, 11) is 0. The van der Waals surface area contributed by atoms with Gasteiger partial charge in [-0.15, -0.1) is 11.8 Å². The predicted molar refractivity (Wildman–Crippen MR) is 308 cm³/mol. The van der Waals surface area contributed by atoms with E-state index >= 15 is 0 Å². The van der Waals surface area contributed by atoms with E-state index in [2.05, 4.69) is 31.6 Å². The second-order valence-electron chi connectivity index (χ2n) is 21.3. The Hall–Kier alpha value is -5.04. The highest BCUT2D eigenvalue weighted by Gasteiger charge is 2.35. The summed E-state index contributed by atoms with van der Waals surface area (Å²) in [5.41, 5.74) is 17.5. The SMILES string of the molecule is CCOCCCC(=O)[C@H](CSC(C)(C)C)NC(=O)[C@@H](CC(=O)[C@@H]1CSCC(=O)N[C@@H](CCCCN)C(=O)N[C@@H](CSC(C)(C)C)C(=O)C[C@@H](CCCN=C(N)N)C(=O)NCC(=O)C[C@@H](CC(=O)O)C(=O)N1)Cc1ccccc1. The Bertz CT molecular complexity index is 2170. The summed E-state index contributed by atoms with van der Waals surface area (Å²) in [6, 6.07) is 4.32. The molecule has 0 spiro atoms. The van der Waals surface area contributed by atoms with Gasteiger partial charge in [-0.25, -0.2) is 0 Å². The van der Waals surface area contributed by atoms with E-state index in [1.807, 2.05) is 48.5 Å². The maximum absolute atomic E-state index is 14.7. The number of thioether (sulfide) groups is 3. The van der Waals surface area contributed by atoms with Crippen LogP contribution in [0, 0.1) is 17.8 Å². The summed E-state index contributed by atoms with van der Waals surface area (Å²) in [4.78, 5) is 143. The summed E-state index contributed by atoms with van der Waals surface area (Å²) in [6.45, 7) is 14.2. The van der Waals surface area contributed by atoms with Crippen LogP contribution in [0.4, 0.5) is 0 Å². The summed E-state index contributed by atoms with van der Waals surface area (Å²) < 4.78 is 4.83. The molecule has 78 heavy (non-hydrogen) atoms. The summed E-state index contributed by atoms with van der Waals surface area (Å²) in [5.74, 6) is -11.1. The molecule has 0 unspecified atom stereocenters. The molecule has 0 saturated carbocycles. The molecule has 0 bridgehead atoms. The molecule has 5 amide bonds. The van der Waals surface area contributed by atoms with Gasteiger partial charge in [0, 0.05) is 84.0 Å². The molecule has 1 aromatic carbocycles. The summed E-state index contributed by atoms with van der Waals surface area (Å²) in [6.07, 6.45) is -0.254. The Morgan fingerprint density at radius 2 is 1.54 bits per heavy atom. The Balaban J connectivity index is 2.68. The van der Waals surface area contributed by atoms with Crippen molar-refractivity contribution in [3.63, 3.8) is 0 Å². The van der Waals surface area contributed by atoms with Crippen LogP contribution >= 0.6 is 35.3 Å². The number of guanidine groups is 1. The number of ketones is 4. The fourth-order valence-corrected chi connectivity index (χ4v) is 10.8. The molecule has 7 atom stereocenters. The van der Waals surface area contributed by atoms with Crippen LogP contribution in [0.2, 0.25) is 0 Å². The van der Waals surface area contributed by atoms with Crippen molar-refractivity contribution in [3.8, 4) is 0 Å². The minimum atomic E-state index is -1.53. The van der Waals surface area contributed by atoms with Gasteiger partial charge in [0.25, 0.3) is 0 Å². The molecule has 2 rings (SSSR count). The summed E-state index contributed by atoms with van der Waals surface area (Å²) in [5, 5.41) is 23.6. The summed E-state index contributed by atoms with van der Waals surface area (Å²) >= 11 is 3.82. The Morgan fingerprint density at radius 1 is 0.846 bits per heavy atom. The van der Waals surface area contributed by atoms with Crippen LogP contribution in [0.1, 0.15) is 125 Å². The number of Topliss-reactive ketones (excluding diaryl/α,β-unsaturated/α-hetero) is 4. The molecule has 1 aliphatic heterocycles. The molecule has 21 nitrogen and oxygen atoms in total. The Morgan fingerprint density at radius 3 is 2.17 bits per heavy atom. The van der Waals surface area contributed by atoms with E-state index < -0.39 is 121 Å². The molecule has 438 valence electrons. The van der Waals surface area contributed by atoms with Crippen LogP contribution in [0.15, 0.2) is 35.3 Å². The standard InChI is InChI=1S/C54H87N9O12S3/c1-8-75-23-15-20-43(65)41(31-77-53(2,3)4)62-49(72)36(24-34-16-10-9-11-17-34)27-45(67)40-30-76-33-46(68)60-39(19-12-13-21-55)51(74)63-42(32-78-54(5,6)7)44(66)26-35(18-14-22-58-52(56)57)48(71)59-29-38(64)25-37(28-47(69)70)50(73)61-40/h9-11,16-17,35-37,39-42H,8,12-15,18-33,55H2,1-7H3,(H,59,71)(H,60,68)(H,61,73)(H,62,72)(H,63,74)(H,69,70)(H4,56,57,58)/t35-,36-,37+,39+,40+,41+,42+/m1/s1. The largest absolute Gasteiger partial charge is 0.481 e. The zero-order chi connectivity index (χ0) is 58.4. The number of hydrogen-bond donors (Lipinski definition) is 9. The molecule has 0 aromatic heterocycles. The van der Waals surface area contributed by atoms with E-state index in [4.69, 9.17) is 21.9 Å². The maximum atomic E-state index is 14.7. The average molecular weight is 1150 g/mol. The molecule has 1 aliphatic rings. The van der Waals surface area contributed by atoms with Crippen molar-refractivity contribution in [2.75, 3.05) is 55.9 Å². The van der Waals surface area contributed by atoms with Crippen LogP contribution in [0.25, 0.3) is 0 Å². The fraction of sp³-hybridized carbons (Fsp3) is 0.685. The van der Waals surface area contributed by atoms with Crippen molar-refractivity contribution in [1.29, 1.82) is 0 Å². The van der Waals surface area contributed by atoms with E-state index in [0.717, 1.165) is 11.8 Å². The van der Waals surface area contributed by atoms with E-state index in [0.29, 0.717) is 44.6 Å². The normalized spacial score (nSPS) is 20.6. The number of aliphatic carboxylic acids is 1. The molecule has 1 fully saturated rings. The number of carbonyl (C=O) groups excluding carboxylic acids is 9. The van der Waals surface area contributed by atoms with Crippen molar-refractivity contribution in [3.05, 3.63) is 35.9 Å². The topological polar surface area (TPSA) is 351 Å². The average Bonchev–Trinajstić information content (AvgIpc) is 3.35. The molecule has 0 aliphatic carbocycles. The molecule has 24 heteroatoms. The van der Waals surface area contributed by atoms with Crippen LogP contribution < -0.4 is 43.8 Å². The lowest BCUT2D eigenvalue weighted by molar-refractivity contribution is -0.142. The quantitative estimate of drug-likeness (QED) is 0.0347. The molecule has 1 aromatic rings. The smallest absolute Gasteiger partial charge is 0.304 e. The van der Waals surface area contributed by atoms with Gasteiger partial charge in [-0.1, -0.05) is 71.9 Å². The first-order valence-electron chi connectivity index (χ1n) is 26.7. The number of amides is 5. The monoisotopic (exact) mass is 1150 g/mol. The van der Waals surface area contributed by atoms with Gasteiger partial charge in [0.2, 0.25) is 29.5 Å². The molecular weight excluding hydrogens is 1060 g/mol. The zero-order valence-corrected chi connectivity index (χ0v) is 49.1. The second-order valence-corrected chi connectivity index (χ2v) is 26.1. The van der Waals surface area contributed by atoms with E-state index in [1.54, 1.807) is 30.3 Å². The highest BCUT2D eigenvalue weighted by Crippen LogP contribution is 2.27. The number of aliphatic imine (C=N–C) groups is 1. The third-order valence-electron chi connectivity index (χ3n) is 12.2. The first kappa shape index (κ1) is 69.1. The third kappa shape index (κ3) is 29.8. The lowest BCUT2D eigenvalue weighted by Gasteiger charge is -2.27. The first-order valence-corrected chi connectivity index (χ1v) is 29.9. The van der Waals surface area contributed by atoms with E-state index in [9.17, 15) is 53.1 Å². The number of unbranched alkanes of at least 4 members (excludes halogenated alkanes) is 1. The van der Waals surface area contributed by atoms with Crippen molar-refractivity contribution in [2.45, 2.75) is 159 Å². The van der Waals surface area contributed by atoms with Gasteiger partial charge in [0.05, 0.1) is 42.8 Å². The molecule has 1 saturated heterocycles. The van der Waals surface area contributed by atoms with Crippen LogP contribution in [-0.4, -0.2) is 159 Å². The number of rotatable bonds is 27. The highest BCUT2D eigenvalue weighted by atomic mass is 32.2. The number of carbonyl (C=O) groups is 10. The van der Waals surface area contributed by atoms with Crippen LogP contribution in [0.3, 0.4) is 0 Å². The predicted octanol–water partition coefficient (Wildman–Crippen LogP) is 2.86. The fourth-order valence-electron chi connectivity index (χ4n) is 8.04. The Labute approximate surface area is 472 Å². The van der Waals surface area contributed by atoms with E-state index in [1.165, 1.54) is 23.5 Å². The second kappa shape index (κ2) is 36.3. The van der Waals surface area contributed by atoms with Crippen LogP contribution in [-0.2, 0) is 59.1 Å². The Kier molecular flexibility index (Phi) is 32.1. The number of benzene rings is 1. The molecular formula is C54H87N9O12S3.